The second kappa shape index (κ2) is 7.82. The molecule has 1 aromatic heterocycles. The van der Waals surface area contributed by atoms with Crippen LogP contribution < -0.4 is 0 Å². The lowest BCUT2D eigenvalue weighted by Gasteiger charge is -2.44. The molecule has 0 aliphatic carbocycles. The van der Waals surface area contributed by atoms with Gasteiger partial charge in [-0.3, -0.25) is 0 Å². The smallest absolute Gasteiger partial charge is 0.200 e. The number of fused-ring (bicyclic) bond motifs is 2. The van der Waals surface area contributed by atoms with Crippen molar-refractivity contribution in [1.29, 1.82) is 0 Å². The SMILES string of the molecule is Cc1cc2c(cc1Cc1ccc(-c3cccc(F)c3)s1)[C@]1(OC2)O[C@H](C)C[C@H](O)C1C. The van der Waals surface area contributed by atoms with E-state index in [2.05, 4.69) is 31.2 Å². The number of aliphatic hydroxyl groups is 1. The third kappa shape index (κ3) is 3.64. The lowest BCUT2D eigenvalue weighted by Crippen LogP contribution is -2.50. The van der Waals surface area contributed by atoms with E-state index >= 15 is 0 Å². The monoisotopic (exact) mass is 438 g/mol. The van der Waals surface area contributed by atoms with Crippen LogP contribution in [-0.2, 0) is 28.3 Å². The number of thiophene rings is 1. The average Bonchev–Trinajstić information content (AvgIpc) is 3.32. The summed E-state index contributed by atoms with van der Waals surface area (Å²) >= 11 is 1.69. The van der Waals surface area contributed by atoms with Gasteiger partial charge < -0.3 is 14.6 Å². The number of ether oxygens (including phenoxy) is 2. The zero-order chi connectivity index (χ0) is 21.8. The lowest BCUT2D eigenvalue weighted by atomic mass is 9.82. The standard InChI is InChI=1S/C26H27FO3S/c1-15-9-20-14-29-26(17(3)24(28)10-16(2)30-26)23(20)13-19(15)12-22-7-8-25(31-22)18-5-4-6-21(27)11-18/h4-9,11,13,16-17,24,28H,10,12,14H2,1-3H3/t16-,17?,24+,26-/m1/s1. The minimum Gasteiger partial charge on any atom is -0.393 e. The Kier molecular flexibility index (Phi) is 5.25. The maximum Gasteiger partial charge on any atom is 0.200 e. The topological polar surface area (TPSA) is 38.7 Å². The van der Waals surface area contributed by atoms with Gasteiger partial charge in [0.1, 0.15) is 5.82 Å². The van der Waals surface area contributed by atoms with Gasteiger partial charge in [0.2, 0.25) is 5.79 Å². The molecule has 0 amide bonds. The summed E-state index contributed by atoms with van der Waals surface area (Å²) in [7, 11) is 0. The highest BCUT2D eigenvalue weighted by atomic mass is 32.1. The molecule has 2 aliphatic heterocycles. The highest BCUT2D eigenvalue weighted by molar-refractivity contribution is 7.15. The zero-order valence-electron chi connectivity index (χ0n) is 18.0. The van der Waals surface area contributed by atoms with Crippen LogP contribution in [0.25, 0.3) is 10.4 Å². The Morgan fingerprint density at radius 2 is 2.00 bits per heavy atom. The Bertz CT molecular complexity index is 1120. The highest BCUT2D eigenvalue weighted by Crippen LogP contribution is 2.49. The number of halogens is 1. The van der Waals surface area contributed by atoms with E-state index in [-0.39, 0.29) is 17.8 Å². The van der Waals surface area contributed by atoms with Crippen molar-refractivity contribution in [1.82, 2.24) is 0 Å². The first kappa shape index (κ1) is 20.8. The van der Waals surface area contributed by atoms with Gasteiger partial charge in [-0.1, -0.05) is 25.1 Å². The summed E-state index contributed by atoms with van der Waals surface area (Å²) in [5.41, 5.74) is 5.53. The largest absolute Gasteiger partial charge is 0.393 e. The summed E-state index contributed by atoms with van der Waals surface area (Å²) in [5, 5.41) is 10.6. The molecule has 1 spiro atoms. The Morgan fingerprint density at radius 3 is 2.81 bits per heavy atom. The number of aliphatic hydroxyl groups excluding tert-OH is 1. The normalized spacial score (nSPS) is 27.6. The fourth-order valence-electron chi connectivity index (χ4n) is 4.89. The van der Waals surface area contributed by atoms with Crippen molar-refractivity contribution in [3.63, 3.8) is 0 Å². The molecule has 1 saturated heterocycles. The van der Waals surface area contributed by atoms with Crippen molar-refractivity contribution in [3.8, 4) is 10.4 Å². The summed E-state index contributed by atoms with van der Waals surface area (Å²) in [4.78, 5) is 2.29. The summed E-state index contributed by atoms with van der Waals surface area (Å²) in [6.07, 6.45) is 0.902. The predicted octanol–water partition coefficient (Wildman–Crippen LogP) is 5.94. The molecular formula is C26H27FO3S. The molecule has 5 rings (SSSR count). The van der Waals surface area contributed by atoms with Crippen molar-refractivity contribution in [2.45, 2.75) is 58.2 Å². The summed E-state index contributed by atoms with van der Waals surface area (Å²) in [6.45, 7) is 6.63. The van der Waals surface area contributed by atoms with Crippen LogP contribution in [-0.4, -0.2) is 17.3 Å². The Balaban J connectivity index is 1.47. The Morgan fingerprint density at radius 1 is 1.16 bits per heavy atom. The molecule has 1 unspecified atom stereocenters. The molecule has 1 N–H and O–H groups in total. The number of benzene rings is 2. The molecule has 3 aromatic rings. The number of hydrogen-bond donors (Lipinski definition) is 1. The number of aryl methyl sites for hydroxylation is 1. The van der Waals surface area contributed by atoms with Crippen molar-refractivity contribution in [2.24, 2.45) is 5.92 Å². The third-order valence-corrected chi connectivity index (χ3v) is 7.78. The fourth-order valence-corrected chi connectivity index (χ4v) is 5.92. The van der Waals surface area contributed by atoms with Gasteiger partial charge in [0, 0.05) is 27.7 Å². The molecule has 4 atom stereocenters. The zero-order valence-corrected chi connectivity index (χ0v) is 18.8. The first-order chi connectivity index (χ1) is 14.9. The summed E-state index contributed by atoms with van der Waals surface area (Å²) in [5.74, 6) is -1.23. The van der Waals surface area contributed by atoms with Crippen LogP contribution in [0.1, 0.15) is 47.4 Å². The summed E-state index contributed by atoms with van der Waals surface area (Å²) in [6, 6.07) is 15.3. The average molecular weight is 439 g/mol. The van der Waals surface area contributed by atoms with Gasteiger partial charge in [0.15, 0.2) is 0 Å². The molecule has 31 heavy (non-hydrogen) atoms. The number of hydrogen-bond acceptors (Lipinski definition) is 4. The van der Waals surface area contributed by atoms with Gasteiger partial charge in [-0.05, 0) is 72.9 Å². The van der Waals surface area contributed by atoms with E-state index in [9.17, 15) is 9.50 Å². The first-order valence-corrected chi connectivity index (χ1v) is 11.6. The van der Waals surface area contributed by atoms with Crippen LogP contribution in [0.2, 0.25) is 0 Å². The quantitative estimate of drug-likeness (QED) is 0.550. The predicted molar refractivity (Wildman–Crippen MR) is 120 cm³/mol. The van der Waals surface area contributed by atoms with E-state index in [1.54, 1.807) is 23.5 Å². The van der Waals surface area contributed by atoms with Crippen molar-refractivity contribution >= 4 is 11.3 Å². The molecule has 2 aliphatic rings. The molecular weight excluding hydrogens is 411 g/mol. The molecule has 162 valence electrons. The minimum atomic E-state index is -0.878. The minimum absolute atomic E-state index is 0.0620. The third-order valence-electron chi connectivity index (χ3n) is 6.64. The van der Waals surface area contributed by atoms with Gasteiger partial charge in [-0.15, -0.1) is 11.3 Å². The van der Waals surface area contributed by atoms with Gasteiger partial charge in [0.05, 0.1) is 18.8 Å². The van der Waals surface area contributed by atoms with E-state index < -0.39 is 11.9 Å². The van der Waals surface area contributed by atoms with Crippen LogP contribution in [0.5, 0.6) is 0 Å². The van der Waals surface area contributed by atoms with E-state index in [0.29, 0.717) is 13.0 Å². The highest BCUT2D eigenvalue weighted by Gasteiger charge is 2.52. The van der Waals surface area contributed by atoms with Crippen molar-refractivity contribution < 1.29 is 19.0 Å². The van der Waals surface area contributed by atoms with Gasteiger partial charge >= 0.3 is 0 Å². The second-order valence-corrected chi connectivity index (χ2v) is 10.0. The molecule has 3 nitrogen and oxygen atoms in total. The van der Waals surface area contributed by atoms with Crippen LogP contribution in [0.4, 0.5) is 4.39 Å². The maximum atomic E-state index is 13.6. The van der Waals surface area contributed by atoms with Crippen LogP contribution in [0.3, 0.4) is 0 Å². The lowest BCUT2D eigenvalue weighted by molar-refractivity contribution is -0.323. The van der Waals surface area contributed by atoms with Crippen molar-refractivity contribution in [2.75, 3.05) is 0 Å². The van der Waals surface area contributed by atoms with E-state index in [0.717, 1.165) is 28.0 Å². The van der Waals surface area contributed by atoms with Gasteiger partial charge in [0.25, 0.3) is 0 Å². The van der Waals surface area contributed by atoms with E-state index in [4.69, 9.17) is 9.47 Å². The first-order valence-electron chi connectivity index (χ1n) is 10.8. The Labute approximate surface area is 186 Å². The van der Waals surface area contributed by atoms with E-state index in [1.165, 1.54) is 22.1 Å². The molecule has 2 aromatic carbocycles. The van der Waals surface area contributed by atoms with Gasteiger partial charge in [-0.2, -0.15) is 0 Å². The molecule has 0 saturated carbocycles. The van der Waals surface area contributed by atoms with Crippen molar-refractivity contribution in [3.05, 3.63) is 81.5 Å². The summed E-state index contributed by atoms with van der Waals surface area (Å²) < 4.78 is 26.2. The second-order valence-electron chi connectivity index (χ2n) is 8.87. The van der Waals surface area contributed by atoms with Crippen LogP contribution in [0, 0.1) is 18.7 Å². The molecule has 1 fully saturated rings. The molecule has 0 bridgehead atoms. The molecule has 5 heteroatoms. The van der Waals surface area contributed by atoms with Crippen LogP contribution in [0.15, 0.2) is 48.5 Å². The fraction of sp³-hybridized carbons (Fsp3) is 0.385. The molecule has 3 heterocycles. The Hall–Kier alpha value is -2.05. The molecule has 0 radical (unpaired) electrons. The maximum absolute atomic E-state index is 13.6. The van der Waals surface area contributed by atoms with Gasteiger partial charge in [-0.25, -0.2) is 4.39 Å². The van der Waals surface area contributed by atoms with E-state index in [1.807, 2.05) is 19.9 Å². The van der Waals surface area contributed by atoms with Crippen LogP contribution >= 0.6 is 11.3 Å². The number of rotatable bonds is 3.